The van der Waals surface area contributed by atoms with Crippen LogP contribution in [-0.4, -0.2) is 24.1 Å². The van der Waals surface area contributed by atoms with Crippen molar-refractivity contribution in [1.29, 1.82) is 0 Å². The van der Waals surface area contributed by atoms with Gasteiger partial charge in [-0.2, -0.15) is 39.5 Å². The molecular weight excluding hydrogens is 614 g/mol. The molecule has 3 aromatic carbocycles. The molecule has 4 nitrogen and oxygen atoms in total. The third-order valence-electron chi connectivity index (χ3n) is 7.14. The number of carbonyl (C=O) groups is 1. The first-order valence-electron chi connectivity index (χ1n) is 12.7. The Labute approximate surface area is 244 Å². The zero-order valence-corrected chi connectivity index (χ0v) is 23.1. The molecule has 0 bridgehead atoms. The third-order valence-corrected chi connectivity index (χ3v) is 7.14. The van der Waals surface area contributed by atoms with E-state index in [2.05, 4.69) is 6.58 Å². The van der Waals surface area contributed by atoms with E-state index in [-0.39, 0.29) is 34.1 Å². The van der Waals surface area contributed by atoms with E-state index in [9.17, 15) is 48.7 Å². The van der Waals surface area contributed by atoms with Crippen LogP contribution in [0.3, 0.4) is 0 Å². The number of hydrogen-bond donors (Lipinski definition) is 0. The van der Waals surface area contributed by atoms with Gasteiger partial charge in [-0.05, 0) is 72.5 Å². The van der Waals surface area contributed by atoms with Gasteiger partial charge in [0, 0.05) is 17.2 Å². The first-order valence-corrected chi connectivity index (χ1v) is 12.7. The summed E-state index contributed by atoms with van der Waals surface area (Å²) in [4.78, 5) is 13.8. The Hall–Kier alpha value is -4.23. The van der Waals surface area contributed by atoms with E-state index in [0.717, 1.165) is 29.2 Å². The van der Waals surface area contributed by atoms with Crippen molar-refractivity contribution in [2.75, 3.05) is 7.11 Å². The highest BCUT2D eigenvalue weighted by atomic mass is 19.4. The normalized spacial score (nSPS) is 17.6. The molecule has 14 heteroatoms. The van der Waals surface area contributed by atoms with Crippen LogP contribution in [0.2, 0.25) is 0 Å². The molecule has 0 aliphatic carbocycles. The second-order valence-corrected chi connectivity index (χ2v) is 10.2. The van der Waals surface area contributed by atoms with Crippen LogP contribution in [0.4, 0.5) is 48.7 Å². The van der Waals surface area contributed by atoms with Crippen molar-refractivity contribution in [2.45, 2.75) is 51.1 Å². The summed E-state index contributed by atoms with van der Waals surface area (Å²) in [5.74, 6) is -0.780. The summed E-state index contributed by atoms with van der Waals surface area (Å²) >= 11 is 0. The molecule has 1 aliphatic heterocycles. The van der Waals surface area contributed by atoms with Gasteiger partial charge in [-0.3, -0.25) is 4.90 Å². The van der Waals surface area contributed by atoms with Gasteiger partial charge >= 0.3 is 24.6 Å². The number of nitrogens with zero attached hydrogens (tertiary/aromatic N) is 1. The number of carbonyl (C=O) groups excluding carboxylic acids is 1. The van der Waals surface area contributed by atoms with Gasteiger partial charge < -0.3 is 9.47 Å². The number of hydrogen-bond acceptors (Lipinski definition) is 3. The number of halogens is 10. The van der Waals surface area contributed by atoms with E-state index in [0.29, 0.717) is 17.7 Å². The highest BCUT2D eigenvalue weighted by Gasteiger charge is 2.44. The summed E-state index contributed by atoms with van der Waals surface area (Å²) in [7, 11) is 1.21. The fraction of sp³-hybridized carbons (Fsp3) is 0.300. The zero-order valence-electron chi connectivity index (χ0n) is 23.1. The minimum absolute atomic E-state index is 0.0330. The number of benzene rings is 3. The number of amides is 1. The molecule has 236 valence electrons. The van der Waals surface area contributed by atoms with Crippen molar-refractivity contribution in [3.05, 3.63) is 94.3 Å². The molecule has 0 radical (unpaired) electrons. The largest absolute Gasteiger partial charge is 0.496 e. The van der Waals surface area contributed by atoms with E-state index in [1.807, 2.05) is 0 Å². The van der Waals surface area contributed by atoms with Gasteiger partial charge in [-0.15, -0.1) is 0 Å². The fourth-order valence-electron chi connectivity index (χ4n) is 4.91. The molecule has 1 heterocycles. The lowest BCUT2D eigenvalue weighted by Gasteiger charge is -2.24. The van der Waals surface area contributed by atoms with Gasteiger partial charge in [0.25, 0.3) is 0 Å². The molecule has 0 aromatic heterocycles. The average Bonchev–Trinajstić information content (AvgIpc) is 3.19. The minimum atomic E-state index is -5.16. The Kier molecular flexibility index (Phi) is 8.44. The van der Waals surface area contributed by atoms with Crippen LogP contribution >= 0.6 is 0 Å². The molecule has 3 aromatic rings. The maximum atomic E-state index is 14.6. The highest BCUT2D eigenvalue weighted by molar-refractivity contribution is 5.79. The van der Waals surface area contributed by atoms with E-state index in [1.165, 1.54) is 27.0 Å². The third kappa shape index (κ3) is 6.48. The van der Waals surface area contributed by atoms with Crippen molar-refractivity contribution < 1.29 is 58.2 Å². The van der Waals surface area contributed by atoms with Crippen molar-refractivity contribution in [1.82, 2.24) is 4.90 Å². The Morgan fingerprint density at radius 2 is 1.45 bits per heavy atom. The maximum absolute atomic E-state index is 14.6. The molecule has 44 heavy (non-hydrogen) atoms. The van der Waals surface area contributed by atoms with E-state index in [1.54, 1.807) is 0 Å². The highest BCUT2D eigenvalue weighted by Crippen LogP contribution is 2.43. The van der Waals surface area contributed by atoms with E-state index < -0.39 is 71.4 Å². The molecule has 0 spiro atoms. The van der Waals surface area contributed by atoms with Crippen LogP contribution in [0, 0.1) is 5.82 Å². The molecular formula is C30H23F10NO3. The minimum Gasteiger partial charge on any atom is -0.496 e. The monoisotopic (exact) mass is 637 g/mol. The van der Waals surface area contributed by atoms with Gasteiger partial charge in [0.1, 0.15) is 17.7 Å². The Morgan fingerprint density at radius 3 is 1.95 bits per heavy atom. The summed E-state index contributed by atoms with van der Waals surface area (Å²) in [5, 5.41) is 0. The fourth-order valence-corrected chi connectivity index (χ4v) is 4.91. The number of rotatable bonds is 6. The molecule has 1 saturated heterocycles. The SMILES string of the molecule is C=C([14CH3])c1cc(-c2ccc(C(F)(F)F)cc2CN2C(=O)O[C@H](c3cc(C(F)(F)F)cc(C(F)(F)F)c3)[C@@H]2C)c(OC)cc1F. The molecule has 1 fully saturated rings. The summed E-state index contributed by atoms with van der Waals surface area (Å²) in [6, 6.07) is 4.44. The van der Waals surface area contributed by atoms with Crippen LogP contribution < -0.4 is 4.74 Å². The first kappa shape index (κ1) is 32.7. The lowest BCUT2D eigenvalue weighted by atomic mass is 9.93. The lowest BCUT2D eigenvalue weighted by Crippen LogP contribution is -2.32. The number of cyclic esters (lactones) is 1. The smallest absolute Gasteiger partial charge is 0.416 e. The summed E-state index contributed by atoms with van der Waals surface area (Å²) < 4.78 is 147. The molecule has 1 amide bonds. The van der Waals surface area contributed by atoms with Gasteiger partial charge in [-0.1, -0.05) is 12.6 Å². The second-order valence-electron chi connectivity index (χ2n) is 10.2. The van der Waals surface area contributed by atoms with Crippen molar-refractivity contribution in [3.63, 3.8) is 0 Å². The van der Waals surface area contributed by atoms with Crippen molar-refractivity contribution in [3.8, 4) is 16.9 Å². The Morgan fingerprint density at radius 1 is 0.886 bits per heavy atom. The Bertz CT molecular complexity index is 1580. The van der Waals surface area contributed by atoms with Gasteiger partial charge in [0.05, 0.1) is 36.4 Å². The molecule has 0 unspecified atom stereocenters. The molecule has 0 saturated carbocycles. The quantitative estimate of drug-likeness (QED) is 0.253. The zero-order chi connectivity index (χ0) is 32.9. The summed E-state index contributed by atoms with van der Waals surface area (Å²) in [5.41, 5.74) is -4.56. The molecule has 4 rings (SSSR count). The number of methoxy groups -OCH3 is 1. The Balaban J connectivity index is 1.82. The van der Waals surface area contributed by atoms with Crippen molar-refractivity contribution in [2.24, 2.45) is 0 Å². The maximum Gasteiger partial charge on any atom is 0.416 e. The predicted molar refractivity (Wildman–Crippen MR) is 139 cm³/mol. The number of ether oxygens (including phenoxy) is 2. The molecule has 2 atom stereocenters. The lowest BCUT2D eigenvalue weighted by molar-refractivity contribution is -0.143. The molecule has 1 aliphatic rings. The topological polar surface area (TPSA) is 38.8 Å². The van der Waals surface area contributed by atoms with E-state index in [4.69, 9.17) is 9.47 Å². The predicted octanol–water partition coefficient (Wildman–Crippen LogP) is 9.67. The summed E-state index contributed by atoms with van der Waals surface area (Å²) in [6.45, 7) is 5.86. The van der Waals surface area contributed by atoms with Crippen LogP contribution in [-0.2, 0) is 29.8 Å². The van der Waals surface area contributed by atoms with Gasteiger partial charge in [0.15, 0.2) is 0 Å². The van der Waals surface area contributed by atoms with Crippen LogP contribution in [0.25, 0.3) is 16.7 Å². The first-order chi connectivity index (χ1) is 20.2. The molecule has 0 N–H and O–H groups in total. The number of allylic oxidation sites excluding steroid dienone is 1. The van der Waals surface area contributed by atoms with Crippen LogP contribution in [0.1, 0.15) is 53.3 Å². The second kappa shape index (κ2) is 11.4. The van der Waals surface area contributed by atoms with Gasteiger partial charge in [0.2, 0.25) is 0 Å². The summed E-state index contributed by atoms with van der Waals surface area (Å²) in [6.07, 6.45) is -18.0. The van der Waals surface area contributed by atoms with Gasteiger partial charge in [-0.25, -0.2) is 9.18 Å². The van der Waals surface area contributed by atoms with E-state index >= 15 is 0 Å². The van der Waals surface area contributed by atoms with Crippen molar-refractivity contribution >= 4 is 11.7 Å². The van der Waals surface area contributed by atoms with Crippen LogP contribution in [0.15, 0.2) is 55.1 Å². The standard InChI is InChI=1S/C30H23F10NO3/c1-14(2)22-11-23(25(43-4)12-24(22)31)21-6-5-18(28(32,33)34)9-17(21)13-41-15(3)26(44-27(41)42)16-7-19(29(35,36)37)10-20(8-16)30(38,39)40/h5-12,15,26H,1,13H2,2-4H3/t15-,26-/m0/s1/i2+2. The average molecular weight is 637 g/mol. The van der Waals surface area contributed by atoms with Crippen LogP contribution in [0.5, 0.6) is 5.75 Å². The number of alkyl halides is 9.